The van der Waals surface area contributed by atoms with Crippen LogP contribution in [-0.2, 0) is 11.2 Å². The quantitative estimate of drug-likeness (QED) is 0.790. The highest BCUT2D eigenvalue weighted by atomic mass is 16.3. The van der Waals surface area contributed by atoms with Gasteiger partial charge in [-0.1, -0.05) is 24.3 Å². The number of fused-ring (bicyclic) bond motifs is 1. The summed E-state index contributed by atoms with van der Waals surface area (Å²) in [5.74, 6) is 0.563. The highest BCUT2D eigenvalue weighted by Crippen LogP contribution is 2.18. The summed E-state index contributed by atoms with van der Waals surface area (Å²) >= 11 is 0. The van der Waals surface area contributed by atoms with Crippen LogP contribution in [0.3, 0.4) is 0 Å². The van der Waals surface area contributed by atoms with Gasteiger partial charge >= 0.3 is 0 Å². The Morgan fingerprint density at radius 2 is 2.00 bits per heavy atom. The number of aromatic nitrogens is 1. The van der Waals surface area contributed by atoms with Crippen LogP contribution in [-0.4, -0.2) is 10.9 Å². The van der Waals surface area contributed by atoms with Crippen LogP contribution in [0.1, 0.15) is 23.4 Å². The van der Waals surface area contributed by atoms with Gasteiger partial charge in [-0.15, -0.1) is 0 Å². The van der Waals surface area contributed by atoms with Gasteiger partial charge in [0.05, 0.1) is 0 Å². The van der Waals surface area contributed by atoms with E-state index < -0.39 is 0 Å². The average Bonchev–Trinajstić information content (AvgIpc) is 2.92. The molecular weight excluding hydrogens is 276 g/mol. The lowest BCUT2D eigenvalue weighted by atomic mass is 10.1. The highest BCUT2D eigenvalue weighted by molar-refractivity contribution is 5.91. The average molecular weight is 294 g/mol. The number of aryl methyl sites for hydroxylation is 3. The number of nitrogens with zero attached hydrogens (tertiary/aromatic N) is 1. The monoisotopic (exact) mass is 294 g/mol. The summed E-state index contributed by atoms with van der Waals surface area (Å²) in [5, 5.41) is 2.95. The molecule has 0 saturated carbocycles. The minimum atomic E-state index is -0.0315. The van der Waals surface area contributed by atoms with Gasteiger partial charge in [0.1, 0.15) is 5.52 Å². The van der Waals surface area contributed by atoms with Crippen molar-refractivity contribution in [3.8, 4) is 0 Å². The van der Waals surface area contributed by atoms with Crippen molar-refractivity contribution in [1.29, 1.82) is 0 Å². The number of hydrogen-bond donors (Lipinski definition) is 1. The van der Waals surface area contributed by atoms with Crippen molar-refractivity contribution in [3.63, 3.8) is 0 Å². The number of carbonyl (C=O) groups is 1. The molecule has 0 unspecified atom stereocenters. The third kappa shape index (κ3) is 3.17. The molecule has 0 bridgehead atoms. The van der Waals surface area contributed by atoms with Crippen LogP contribution >= 0.6 is 0 Å². The molecule has 4 heteroatoms. The number of hydrogen-bond acceptors (Lipinski definition) is 3. The van der Waals surface area contributed by atoms with Gasteiger partial charge < -0.3 is 9.73 Å². The van der Waals surface area contributed by atoms with Gasteiger partial charge in [-0.05, 0) is 43.2 Å². The zero-order chi connectivity index (χ0) is 15.5. The first kappa shape index (κ1) is 14.3. The summed E-state index contributed by atoms with van der Waals surface area (Å²) in [6.07, 6.45) is 0.839. The Balaban J connectivity index is 1.63. The molecule has 2 aromatic carbocycles. The molecule has 112 valence electrons. The molecule has 0 aliphatic carbocycles. The summed E-state index contributed by atoms with van der Waals surface area (Å²) in [6, 6.07) is 13.6. The van der Waals surface area contributed by atoms with Gasteiger partial charge in [-0.3, -0.25) is 4.79 Å². The molecule has 3 rings (SSSR count). The van der Waals surface area contributed by atoms with Gasteiger partial charge in [0.2, 0.25) is 5.91 Å². The Morgan fingerprint density at radius 3 is 2.82 bits per heavy atom. The van der Waals surface area contributed by atoms with Crippen molar-refractivity contribution in [3.05, 3.63) is 59.5 Å². The van der Waals surface area contributed by atoms with Crippen molar-refractivity contribution in [2.75, 3.05) is 5.32 Å². The maximum Gasteiger partial charge on any atom is 0.224 e. The summed E-state index contributed by atoms with van der Waals surface area (Å²) < 4.78 is 5.62. The first-order valence-corrected chi connectivity index (χ1v) is 7.33. The number of carbonyl (C=O) groups excluding carboxylic acids is 1. The topological polar surface area (TPSA) is 55.1 Å². The van der Waals surface area contributed by atoms with Crippen molar-refractivity contribution in [2.45, 2.75) is 26.7 Å². The smallest absolute Gasteiger partial charge is 0.224 e. The molecule has 0 saturated heterocycles. The molecule has 3 aromatic rings. The number of rotatable bonds is 4. The molecule has 22 heavy (non-hydrogen) atoms. The second kappa shape index (κ2) is 6.02. The van der Waals surface area contributed by atoms with E-state index in [4.69, 9.17) is 4.42 Å². The summed E-state index contributed by atoms with van der Waals surface area (Å²) in [6.45, 7) is 3.99. The zero-order valence-electron chi connectivity index (χ0n) is 12.7. The maximum absolute atomic E-state index is 12.1. The van der Waals surface area contributed by atoms with Crippen molar-refractivity contribution < 1.29 is 9.21 Å². The van der Waals surface area contributed by atoms with Crippen molar-refractivity contribution in [1.82, 2.24) is 4.98 Å². The molecule has 0 aliphatic rings. The fourth-order valence-electron chi connectivity index (χ4n) is 2.33. The highest BCUT2D eigenvalue weighted by Gasteiger charge is 2.09. The number of amides is 1. The standard InChI is InChI=1S/C18H18N2O2/c1-12-7-8-13(2)15(11-12)19-17(21)9-10-18-20-14-5-3-4-6-16(14)22-18/h3-8,11H,9-10H2,1-2H3,(H,19,21). The van der Waals surface area contributed by atoms with Gasteiger partial charge in [0.15, 0.2) is 11.5 Å². The van der Waals surface area contributed by atoms with Gasteiger partial charge in [0, 0.05) is 18.5 Å². The third-order valence-corrected chi connectivity index (χ3v) is 3.57. The van der Waals surface area contributed by atoms with E-state index in [9.17, 15) is 4.79 Å². The SMILES string of the molecule is Cc1ccc(C)c(NC(=O)CCc2nc3ccccc3o2)c1. The lowest BCUT2D eigenvalue weighted by Crippen LogP contribution is -2.13. The lowest BCUT2D eigenvalue weighted by molar-refractivity contribution is -0.116. The number of para-hydroxylation sites is 2. The Hall–Kier alpha value is -2.62. The molecular formula is C18H18N2O2. The lowest BCUT2D eigenvalue weighted by Gasteiger charge is -2.08. The van der Waals surface area contributed by atoms with Gasteiger partial charge in [-0.25, -0.2) is 4.98 Å². The normalized spacial score (nSPS) is 10.8. The zero-order valence-corrected chi connectivity index (χ0v) is 12.7. The molecule has 1 aromatic heterocycles. The first-order chi connectivity index (χ1) is 10.6. The fourth-order valence-corrected chi connectivity index (χ4v) is 2.33. The summed E-state index contributed by atoms with van der Waals surface area (Å²) in [5.41, 5.74) is 4.63. The van der Waals surface area contributed by atoms with E-state index in [1.807, 2.05) is 56.3 Å². The fraction of sp³-hybridized carbons (Fsp3) is 0.222. The van der Waals surface area contributed by atoms with E-state index in [0.29, 0.717) is 18.7 Å². The van der Waals surface area contributed by atoms with Crippen LogP contribution in [0.15, 0.2) is 46.9 Å². The maximum atomic E-state index is 12.1. The molecule has 1 heterocycles. The first-order valence-electron chi connectivity index (χ1n) is 7.33. The van der Waals surface area contributed by atoms with E-state index in [1.165, 1.54) is 0 Å². The van der Waals surface area contributed by atoms with E-state index >= 15 is 0 Å². The summed E-state index contributed by atoms with van der Waals surface area (Å²) in [4.78, 5) is 16.5. The Labute approximate surface area is 129 Å². The predicted molar refractivity (Wildman–Crippen MR) is 86.9 cm³/mol. The van der Waals surface area contributed by atoms with Crippen molar-refractivity contribution in [2.24, 2.45) is 0 Å². The van der Waals surface area contributed by atoms with Crippen LogP contribution in [0, 0.1) is 13.8 Å². The number of anilines is 1. The van der Waals surface area contributed by atoms with E-state index in [-0.39, 0.29) is 5.91 Å². The van der Waals surface area contributed by atoms with Crippen LogP contribution in [0.2, 0.25) is 0 Å². The minimum absolute atomic E-state index is 0.0315. The Bertz CT molecular complexity index is 788. The summed E-state index contributed by atoms with van der Waals surface area (Å²) in [7, 11) is 0. The predicted octanol–water partition coefficient (Wildman–Crippen LogP) is 4.02. The third-order valence-electron chi connectivity index (χ3n) is 3.57. The second-order valence-electron chi connectivity index (χ2n) is 5.44. The molecule has 0 radical (unpaired) electrons. The molecule has 1 N–H and O–H groups in total. The minimum Gasteiger partial charge on any atom is -0.441 e. The number of nitrogens with one attached hydrogen (secondary N) is 1. The van der Waals surface area contributed by atoms with E-state index in [0.717, 1.165) is 27.9 Å². The Morgan fingerprint density at radius 1 is 1.18 bits per heavy atom. The molecule has 0 spiro atoms. The molecule has 0 fully saturated rings. The molecule has 0 aliphatic heterocycles. The van der Waals surface area contributed by atoms with Crippen LogP contribution in [0.25, 0.3) is 11.1 Å². The van der Waals surface area contributed by atoms with E-state index in [1.54, 1.807) is 0 Å². The van der Waals surface area contributed by atoms with Gasteiger partial charge in [0.25, 0.3) is 0 Å². The van der Waals surface area contributed by atoms with Crippen LogP contribution in [0.4, 0.5) is 5.69 Å². The van der Waals surface area contributed by atoms with Crippen molar-refractivity contribution >= 4 is 22.7 Å². The molecule has 1 amide bonds. The van der Waals surface area contributed by atoms with Gasteiger partial charge in [-0.2, -0.15) is 0 Å². The van der Waals surface area contributed by atoms with Crippen LogP contribution in [0.5, 0.6) is 0 Å². The van der Waals surface area contributed by atoms with E-state index in [2.05, 4.69) is 10.3 Å². The van der Waals surface area contributed by atoms with Crippen LogP contribution < -0.4 is 5.32 Å². The number of benzene rings is 2. The number of oxazole rings is 1. The second-order valence-corrected chi connectivity index (χ2v) is 5.44. The Kier molecular flexibility index (Phi) is 3.92. The molecule has 0 atom stereocenters. The molecule has 4 nitrogen and oxygen atoms in total. The largest absolute Gasteiger partial charge is 0.441 e.